The summed E-state index contributed by atoms with van der Waals surface area (Å²) in [6.45, 7) is 2.81. The highest BCUT2D eigenvalue weighted by molar-refractivity contribution is 5.21. The Labute approximate surface area is 106 Å². The maximum absolute atomic E-state index is 13.5. The Morgan fingerprint density at radius 2 is 2.00 bits per heavy atom. The number of hydrogen-bond acceptors (Lipinski definition) is 3. The maximum Gasteiger partial charge on any atom is 0.130 e. The van der Waals surface area contributed by atoms with Crippen LogP contribution < -0.4 is 5.32 Å². The minimum atomic E-state index is -0.572. The molecule has 0 saturated heterocycles. The van der Waals surface area contributed by atoms with E-state index in [1.807, 2.05) is 6.92 Å². The van der Waals surface area contributed by atoms with Gasteiger partial charge in [0.2, 0.25) is 0 Å². The molecule has 0 aliphatic rings. The number of ether oxygens (including phenoxy) is 2. The smallest absolute Gasteiger partial charge is 0.130 e. The average Bonchev–Trinajstić information content (AvgIpc) is 2.34. The Kier molecular flexibility index (Phi) is 6.18. The summed E-state index contributed by atoms with van der Waals surface area (Å²) in [7, 11) is 3.18. The van der Waals surface area contributed by atoms with Gasteiger partial charge in [0.1, 0.15) is 11.6 Å². The van der Waals surface area contributed by atoms with Crippen LogP contribution in [-0.2, 0) is 9.47 Å². The first-order valence-electron chi connectivity index (χ1n) is 5.78. The molecule has 1 aromatic rings. The zero-order valence-electron chi connectivity index (χ0n) is 10.9. The van der Waals surface area contributed by atoms with Gasteiger partial charge in [-0.05, 0) is 13.0 Å². The molecular weight excluding hydrogens is 240 g/mol. The minimum absolute atomic E-state index is 0.0963. The molecule has 3 nitrogen and oxygen atoms in total. The van der Waals surface area contributed by atoms with Gasteiger partial charge in [-0.1, -0.05) is 6.07 Å². The molecule has 0 bridgehead atoms. The summed E-state index contributed by atoms with van der Waals surface area (Å²) in [4.78, 5) is 0. The number of benzene rings is 1. The topological polar surface area (TPSA) is 30.5 Å². The van der Waals surface area contributed by atoms with Crippen LogP contribution in [0.2, 0.25) is 0 Å². The lowest BCUT2D eigenvalue weighted by Gasteiger charge is -2.19. The summed E-state index contributed by atoms with van der Waals surface area (Å²) >= 11 is 0. The van der Waals surface area contributed by atoms with Gasteiger partial charge in [-0.15, -0.1) is 0 Å². The van der Waals surface area contributed by atoms with Crippen LogP contribution in [0.5, 0.6) is 0 Å². The Hall–Kier alpha value is -1.04. The summed E-state index contributed by atoms with van der Waals surface area (Å²) in [5.41, 5.74) is 0.434. The molecule has 1 aromatic carbocycles. The predicted octanol–water partition coefficient (Wildman–Crippen LogP) is 2.28. The molecule has 18 heavy (non-hydrogen) atoms. The van der Waals surface area contributed by atoms with E-state index in [0.717, 1.165) is 6.07 Å². The second kappa shape index (κ2) is 7.41. The Bertz CT molecular complexity index is 374. The molecule has 5 heteroatoms. The van der Waals surface area contributed by atoms with Crippen LogP contribution in [0.15, 0.2) is 18.2 Å². The van der Waals surface area contributed by atoms with E-state index in [-0.39, 0.29) is 12.1 Å². The van der Waals surface area contributed by atoms with Crippen molar-refractivity contribution in [2.75, 3.05) is 27.4 Å². The van der Waals surface area contributed by atoms with Gasteiger partial charge in [-0.2, -0.15) is 0 Å². The van der Waals surface area contributed by atoms with Gasteiger partial charge in [-0.3, -0.25) is 0 Å². The Balaban J connectivity index is 2.56. The van der Waals surface area contributed by atoms with E-state index in [1.54, 1.807) is 14.2 Å². The van der Waals surface area contributed by atoms with Crippen molar-refractivity contribution < 1.29 is 18.3 Å². The maximum atomic E-state index is 13.5. The summed E-state index contributed by atoms with van der Waals surface area (Å²) in [5.74, 6) is -1.12. The molecule has 0 aromatic heterocycles. The van der Waals surface area contributed by atoms with Crippen molar-refractivity contribution in [1.82, 2.24) is 5.32 Å². The first-order chi connectivity index (χ1) is 8.58. The zero-order valence-corrected chi connectivity index (χ0v) is 10.9. The molecule has 2 atom stereocenters. The van der Waals surface area contributed by atoms with Gasteiger partial charge in [0.15, 0.2) is 0 Å². The molecule has 0 aliphatic carbocycles. The van der Waals surface area contributed by atoms with Gasteiger partial charge in [0, 0.05) is 38.4 Å². The molecular formula is C13H19F2NO2. The summed E-state index contributed by atoms with van der Waals surface area (Å²) in [6.07, 6.45) is -0.0963. The average molecular weight is 259 g/mol. The van der Waals surface area contributed by atoms with Gasteiger partial charge >= 0.3 is 0 Å². The molecule has 0 radical (unpaired) electrons. The first-order valence-corrected chi connectivity index (χ1v) is 5.78. The molecule has 0 fully saturated rings. The second-order valence-corrected chi connectivity index (χ2v) is 4.11. The fourth-order valence-electron chi connectivity index (χ4n) is 1.67. The third-order valence-corrected chi connectivity index (χ3v) is 2.77. The number of hydrogen-bond donors (Lipinski definition) is 1. The fraction of sp³-hybridized carbons (Fsp3) is 0.538. The van der Waals surface area contributed by atoms with Gasteiger partial charge in [0.25, 0.3) is 0 Å². The highest BCUT2D eigenvalue weighted by atomic mass is 19.1. The van der Waals surface area contributed by atoms with E-state index in [1.165, 1.54) is 12.1 Å². The van der Waals surface area contributed by atoms with Crippen molar-refractivity contribution in [3.63, 3.8) is 0 Å². The molecule has 102 valence electrons. The first kappa shape index (κ1) is 15.0. The van der Waals surface area contributed by atoms with Gasteiger partial charge < -0.3 is 14.8 Å². The van der Waals surface area contributed by atoms with Crippen LogP contribution in [0.25, 0.3) is 0 Å². The quantitative estimate of drug-likeness (QED) is 0.815. The van der Waals surface area contributed by atoms with Crippen LogP contribution in [-0.4, -0.2) is 33.5 Å². The Morgan fingerprint density at radius 1 is 1.28 bits per heavy atom. The summed E-state index contributed by atoms with van der Waals surface area (Å²) in [5, 5.41) is 3.13. The number of nitrogens with one attached hydrogen (secondary N) is 1. The molecule has 0 saturated carbocycles. The van der Waals surface area contributed by atoms with Crippen molar-refractivity contribution in [2.45, 2.75) is 19.1 Å². The van der Waals surface area contributed by atoms with Crippen LogP contribution >= 0.6 is 0 Å². The van der Waals surface area contributed by atoms with Crippen LogP contribution in [0.1, 0.15) is 18.5 Å². The predicted molar refractivity (Wildman–Crippen MR) is 65.4 cm³/mol. The Morgan fingerprint density at radius 3 is 2.56 bits per heavy atom. The minimum Gasteiger partial charge on any atom is -0.382 e. The lowest BCUT2D eigenvalue weighted by Crippen LogP contribution is -2.33. The van der Waals surface area contributed by atoms with E-state index in [2.05, 4.69) is 5.32 Å². The lowest BCUT2D eigenvalue weighted by atomic mass is 10.1. The molecule has 2 unspecified atom stereocenters. The standard InChI is InChI=1S/C13H19F2NO2/c1-9(16-7-11(18-3)8-17-2)12-5-4-10(14)6-13(12)15/h4-6,9,11,16H,7-8H2,1-3H3. The van der Waals surface area contributed by atoms with E-state index < -0.39 is 11.6 Å². The van der Waals surface area contributed by atoms with Crippen molar-refractivity contribution in [2.24, 2.45) is 0 Å². The normalized spacial score (nSPS) is 14.5. The van der Waals surface area contributed by atoms with Gasteiger partial charge in [0.05, 0.1) is 12.7 Å². The molecule has 1 N–H and O–H groups in total. The molecule has 0 aliphatic heterocycles. The van der Waals surface area contributed by atoms with E-state index in [9.17, 15) is 8.78 Å². The molecule has 1 rings (SSSR count). The largest absolute Gasteiger partial charge is 0.382 e. The number of methoxy groups -OCH3 is 2. The van der Waals surface area contributed by atoms with Crippen molar-refractivity contribution in [1.29, 1.82) is 0 Å². The van der Waals surface area contributed by atoms with E-state index >= 15 is 0 Å². The highest BCUT2D eigenvalue weighted by Gasteiger charge is 2.13. The fourth-order valence-corrected chi connectivity index (χ4v) is 1.67. The highest BCUT2D eigenvalue weighted by Crippen LogP contribution is 2.17. The summed E-state index contributed by atoms with van der Waals surface area (Å²) in [6, 6.07) is 3.36. The monoisotopic (exact) mass is 259 g/mol. The SMILES string of the molecule is COCC(CNC(C)c1ccc(F)cc1F)OC. The van der Waals surface area contributed by atoms with Crippen LogP contribution in [0.3, 0.4) is 0 Å². The van der Waals surface area contributed by atoms with Crippen molar-refractivity contribution >= 4 is 0 Å². The van der Waals surface area contributed by atoms with Crippen LogP contribution in [0.4, 0.5) is 8.78 Å². The molecule has 0 heterocycles. The number of halogens is 2. The summed E-state index contributed by atoms with van der Waals surface area (Å²) < 4.78 is 36.5. The lowest BCUT2D eigenvalue weighted by molar-refractivity contribution is 0.0276. The van der Waals surface area contributed by atoms with Crippen molar-refractivity contribution in [3.05, 3.63) is 35.4 Å². The third kappa shape index (κ3) is 4.33. The zero-order chi connectivity index (χ0) is 13.5. The second-order valence-electron chi connectivity index (χ2n) is 4.11. The van der Waals surface area contributed by atoms with Gasteiger partial charge in [-0.25, -0.2) is 8.78 Å². The molecule has 0 amide bonds. The van der Waals surface area contributed by atoms with E-state index in [0.29, 0.717) is 18.7 Å². The molecule has 0 spiro atoms. The number of rotatable bonds is 7. The third-order valence-electron chi connectivity index (χ3n) is 2.77. The van der Waals surface area contributed by atoms with Crippen LogP contribution in [0, 0.1) is 11.6 Å². The van der Waals surface area contributed by atoms with E-state index in [4.69, 9.17) is 9.47 Å². The van der Waals surface area contributed by atoms with Crippen molar-refractivity contribution in [3.8, 4) is 0 Å².